The average molecular weight is 355 g/mol. The van der Waals surface area contributed by atoms with Gasteiger partial charge in [-0.15, -0.1) is 0 Å². The molecule has 2 aromatic heterocycles. The Hall–Kier alpha value is -2.88. The fraction of sp³-hybridized carbons (Fsp3) is 0.267. The predicted molar refractivity (Wildman–Crippen MR) is 77.3 cm³/mol. The van der Waals surface area contributed by atoms with Crippen LogP contribution in [0, 0.1) is 0 Å². The van der Waals surface area contributed by atoms with E-state index in [9.17, 15) is 22.8 Å². The molecule has 1 aliphatic heterocycles. The number of aliphatic hydroxyl groups excluding tert-OH is 1. The zero-order valence-corrected chi connectivity index (χ0v) is 12.6. The molecule has 0 radical (unpaired) electrons. The molecular weight excluding hydrogens is 343 g/mol. The largest absolute Gasteiger partial charge is 0.493 e. The van der Waals surface area contributed by atoms with E-state index >= 15 is 0 Å². The maximum atomic E-state index is 12.6. The number of alkyl halides is 3. The van der Waals surface area contributed by atoms with Gasteiger partial charge in [-0.25, -0.2) is 4.79 Å². The lowest BCUT2D eigenvalue weighted by Gasteiger charge is -2.17. The second kappa shape index (κ2) is 6.20. The molecular formula is C15H12F3N3O4. The highest BCUT2D eigenvalue weighted by molar-refractivity contribution is 5.98. The zero-order chi connectivity index (χ0) is 18.2. The number of hydrogen-bond donors (Lipinski definition) is 2. The Labute approximate surface area is 139 Å². The fourth-order valence-corrected chi connectivity index (χ4v) is 2.52. The number of rotatable bonds is 3. The van der Waals surface area contributed by atoms with Crippen LogP contribution in [0.4, 0.5) is 13.2 Å². The van der Waals surface area contributed by atoms with Crippen molar-refractivity contribution in [2.75, 3.05) is 6.54 Å². The lowest BCUT2D eigenvalue weighted by atomic mass is 10.1. The van der Waals surface area contributed by atoms with E-state index in [-0.39, 0.29) is 42.2 Å². The molecule has 0 spiro atoms. The van der Waals surface area contributed by atoms with Crippen molar-refractivity contribution in [2.45, 2.75) is 19.2 Å². The van der Waals surface area contributed by atoms with E-state index in [0.29, 0.717) is 5.56 Å². The van der Waals surface area contributed by atoms with Crippen LogP contribution < -0.4 is 10.2 Å². The number of pyridine rings is 1. The number of amides is 1. The molecule has 7 nitrogen and oxygen atoms in total. The molecule has 0 atom stereocenters. The normalized spacial score (nSPS) is 14.0. The highest BCUT2D eigenvalue weighted by Crippen LogP contribution is 2.28. The smallest absolute Gasteiger partial charge is 0.390 e. The molecule has 0 aromatic carbocycles. The van der Waals surface area contributed by atoms with E-state index < -0.39 is 18.1 Å². The van der Waals surface area contributed by atoms with Crippen molar-refractivity contribution in [2.24, 2.45) is 0 Å². The Kier molecular flexibility index (Phi) is 4.21. The minimum absolute atomic E-state index is 0.0803. The van der Waals surface area contributed by atoms with Crippen molar-refractivity contribution in [1.82, 2.24) is 15.0 Å². The summed E-state index contributed by atoms with van der Waals surface area (Å²) in [5.41, 5.74) is 0.986. The summed E-state index contributed by atoms with van der Waals surface area (Å²) in [5, 5.41) is 11.7. The van der Waals surface area contributed by atoms with Gasteiger partial charge in [0, 0.05) is 24.7 Å². The molecule has 0 bridgehead atoms. The highest BCUT2D eigenvalue weighted by Gasteiger charge is 2.43. The van der Waals surface area contributed by atoms with Gasteiger partial charge in [-0.2, -0.15) is 17.9 Å². The predicted octanol–water partition coefficient (Wildman–Crippen LogP) is 0.846. The van der Waals surface area contributed by atoms with Crippen molar-refractivity contribution >= 4 is 11.9 Å². The molecule has 1 amide bonds. The molecule has 0 saturated heterocycles. The summed E-state index contributed by atoms with van der Waals surface area (Å²) >= 11 is 0. The summed E-state index contributed by atoms with van der Waals surface area (Å²) in [4.78, 5) is 31.6. The topological polar surface area (TPSA) is 93.5 Å². The third kappa shape index (κ3) is 3.20. The fourth-order valence-electron chi connectivity index (χ4n) is 2.52. The van der Waals surface area contributed by atoms with E-state index in [4.69, 9.17) is 5.11 Å². The molecule has 0 saturated carbocycles. The van der Waals surface area contributed by atoms with Crippen LogP contribution in [0.15, 0.2) is 24.4 Å². The number of carbonyl (C=O) groups excluding carboxylic acids is 2. The number of halogens is 3. The van der Waals surface area contributed by atoms with Crippen molar-refractivity contribution in [3.63, 3.8) is 0 Å². The number of nitrogens with one attached hydrogen (secondary N) is 1. The van der Waals surface area contributed by atoms with Crippen LogP contribution in [0.3, 0.4) is 0 Å². The Balaban J connectivity index is 2.13. The first-order valence-electron chi connectivity index (χ1n) is 7.19. The van der Waals surface area contributed by atoms with Crippen molar-refractivity contribution in [1.29, 1.82) is 0 Å². The van der Waals surface area contributed by atoms with Crippen LogP contribution in [-0.4, -0.2) is 39.4 Å². The lowest BCUT2D eigenvalue weighted by molar-refractivity contribution is -0.199. The molecule has 1 aliphatic rings. The molecule has 0 unspecified atom stereocenters. The molecule has 3 heterocycles. The third-order valence-electron chi connectivity index (χ3n) is 3.63. The molecule has 3 rings (SSSR count). The van der Waals surface area contributed by atoms with Gasteiger partial charge in [-0.3, -0.25) is 9.78 Å². The van der Waals surface area contributed by atoms with Crippen LogP contribution in [-0.2, 0) is 17.8 Å². The van der Waals surface area contributed by atoms with Crippen molar-refractivity contribution < 1.29 is 32.7 Å². The second-order valence-corrected chi connectivity index (χ2v) is 5.26. The number of aliphatic hydroxyl groups is 1. The van der Waals surface area contributed by atoms with E-state index in [1.165, 1.54) is 24.4 Å². The van der Waals surface area contributed by atoms with Crippen LogP contribution in [0.2, 0.25) is 0 Å². The molecule has 2 aromatic rings. The zero-order valence-electron chi connectivity index (χ0n) is 12.6. The van der Waals surface area contributed by atoms with E-state index in [0.717, 1.165) is 4.73 Å². The number of carbonyl (C=O) groups is 2. The summed E-state index contributed by atoms with van der Waals surface area (Å²) in [6, 6.07) is 4.23. The second-order valence-electron chi connectivity index (χ2n) is 5.26. The molecule has 10 heteroatoms. The summed E-state index contributed by atoms with van der Waals surface area (Å²) in [6.07, 6.45) is -3.63. The maximum absolute atomic E-state index is 12.6. The maximum Gasteiger partial charge on any atom is 0.493 e. The highest BCUT2D eigenvalue weighted by atomic mass is 19.4. The molecule has 25 heavy (non-hydrogen) atoms. The number of aromatic nitrogens is 2. The Morgan fingerprint density at radius 3 is 2.84 bits per heavy atom. The van der Waals surface area contributed by atoms with E-state index in [2.05, 4.69) is 15.1 Å². The first-order chi connectivity index (χ1) is 11.8. The molecule has 2 N–H and O–H groups in total. The van der Waals surface area contributed by atoms with Crippen molar-refractivity contribution in [3.05, 3.63) is 41.3 Å². The van der Waals surface area contributed by atoms with Crippen LogP contribution in [0.25, 0.3) is 11.3 Å². The minimum Gasteiger partial charge on any atom is -0.390 e. The lowest BCUT2D eigenvalue weighted by Crippen LogP contribution is -2.37. The van der Waals surface area contributed by atoms with Gasteiger partial charge in [0.2, 0.25) is 0 Å². The van der Waals surface area contributed by atoms with Crippen LogP contribution in [0.1, 0.15) is 21.7 Å². The number of nitrogens with zero attached hydrogens (tertiary/aromatic N) is 2. The standard InChI is InChI=1S/C15H12F3N3O4/c16-15(17,18)14(24)25-21-11-2-4-20-13(23)10(11)6-12(21)8-1-3-19-9(5-8)7-22/h1,3,5-6,22H,2,4,7H2,(H,20,23). The first kappa shape index (κ1) is 17.0. The number of fused-ring (bicyclic) bond motifs is 1. The number of hydrogen-bond acceptors (Lipinski definition) is 5. The molecule has 0 aliphatic carbocycles. The van der Waals surface area contributed by atoms with Crippen LogP contribution in [0.5, 0.6) is 0 Å². The van der Waals surface area contributed by atoms with Gasteiger partial charge < -0.3 is 15.3 Å². The van der Waals surface area contributed by atoms with Gasteiger partial charge in [0.05, 0.1) is 29.3 Å². The van der Waals surface area contributed by atoms with Gasteiger partial charge in [0.25, 0.3) is 5.91 Å². The SMILES string of the molecule is O=C1NCCc2c1cc(-c1ccnc(CO)c1)n2OC(=O)C(F)(F)F. The van der Waals surface area contributed by atoms with Crippen molar-refractivity contribution in [3.8, 4) is 11.3 Å². The Morgan fingerprint density at radius 2 is 2.16 bits per heavy atom. The van der Waals surface area contributed by atoms with Gasteiger partial charge in [-0.1, -0.05) is 0 Å². The van der Waals surface area contributed by atoms with Gasteiger partial charge in [0.1, 0.15) is 0 Å². The Bertz CT molecular complexity index is 845. The minimum atomic E-state index is -5.18. The summed E-state index contributed by atoms with van der Waals surface area (Å²) in [5.74, 6) is -2.87. The van der Waals surface area contributed by atoms with Gasteiger partial charge in [0.15, 0.2) is 0 Å². The van der Waals surface area contributed by atoms with Crippen LogP contribution >= 0.6 is 0 Å². The molecule has 0 fully saturated rings. The quantitative estimate of drug-likeness (QED) is 0.851. The summed E-state index contributed by atoms with van der Waals surface area (Å²) < 4.78 is 38.5. The third-order valence-corrected chi connectivity index (χ3v) is 3.63. The summed E-state index contributed by atoms with van der Waals surface area (Å²) in [6.45, 7) is -0.172. The van der Waals surface area contributed by atoms with E-state index in [1.807, 2.05) is 0 Å². The van der Waals surface area contributed by atoms with Gasteiger partial charge >= 0.3 is 12.1 Å². The van der Waals surface area contributed by atoms with E-state index in [1.54, 1.807) is 0 Å². The Morgan fingerprint density at radius 1 is 1.40 bits per heavy atom. The van der Waals surface area contributed by atoms with Gasteiger partial charge in [-0.05, 0) is 18.2 Å². The monoisotopic (exact) mass is 355 g/mol. The molecule has 132 valence electrons. The first-order valence-corrected chi connectivity index (χ1v) is 7.19. The average Bonchev–Trinajstić information content (AvgIpc) is 2.94. The summed E-state index contributed by atoms with van der Waals surface area (Å²) in [7, 11) is 0.